The molecule has 1 aromatic heterocycles. The van der Waals surface area contributed by atoms with E-state index < -0.39 is 6.10 Å². The van der Waals surface area contributed by atoms with Gasteiger partial charge in [-0.2, -0.15) is 4.80 Å². The molecule has 0 amide bonds. The summed E-state index contributed by atoms with van der Waals surface area (Å²) in [6.07, 6.45) is 0.672. The molecule has 0 fully saturated rings. The van der Waals surface area contributed by atoms with Crippen molar-refractivity contribution < 1.29 is 5.11 Å². The smallest absolute Gasteiger partial charge is 0.162 e. The van der Waals surface area contributed by atoms with Gasteiger partial charge in [0.15, 0.2) is 6.33 Å². The fourth-order valence-corrected chi connectivity index (χ4v) is 1.34. The zero-order valence-corrected chi connectivity index (χ0v) is 8.54. The van der Waals surface area contributed by atoms with E-state index in [4.69, 9.17) is 11.6 Å². The van der Waals surface area contributed by atoms with Crippen molar-refractivity contribution >= 4 is 11.6 Å². The maximum Gasteiger partial charge on any atom is 0.162 e. The summed E-state index contributed by atoms with van der Waals surface area (Å²) in [5.41, 5.74) is 0.775. The first-order chi connectivity index (χ1) is 7.25. The average Bonchev–Trinajstić information content (AvgIpc) is 2.71. The molecule has 78 valence electrons. The highest BCUT2D eigenvalue weighted by Crippen LogP contribution is 2.17. The molecule has 0 radical (unpaired) electrons. The number of nitrogens with zero attached hydrogens (tertiary/aromatic N) is 4. The van der Waals surface area contributed by atoms with Crippen LogP contribution in [0.15, 0.2) is 30.6 Å². The van der Waals surface area contributed by atoms with E-state index in [1.165, 1.54) is 11.1 Å². The van der Waals surface area contributed by atoms with Crippen LogP contribution in [0.4, 0.5) is 0 Å². The van der Waals surface area contributed by atoms with Crippen molar-refractivity contribution in [3.05, 3.63) is 41.2 Å². The van der Waals surface area contributed by atoms with Crippen molar-refractivity contribution in [3.63, 3.8) is 0 Å². The molecule has 0 spiro atoms. The summed E-state index contributed by atoms with van der Waals surface area (Å²) in [6.45, 7) is 0.279. The van der Waals surface area contributed by atoms with E-state index >= 15 is 0 Å². The molecular formula is C9H9ClN4O. The molecule has 5 nitrogen and oxygen atoms in total. The molecular weight excluding hydrogens is 216 g/mol. The highest BCUT2D eigenvalue weighted by atomic mass is 35.5. The third kappa shape index (κ3) is 2.51. The predicted molar refractivity (Wildman–Crippen MR) is 54.2 cm³/mol. The number of tetrazole rings is 1. The second-order valence-electron chi connectivity index (χ2n) is 3.06. The van der Waals surface area contributed by atoms with E-state index in [-0.39, 0.29) is 6.54 Å². The Bertz CT molecular complexity index is 414. The maximum absolute atomic E-state index is 9.81. The Kier molecular flexibility index (Phi) is 2.94. The summed E-state index contributed by atoms with van der Waals surface area (Å²) in [5.74, 6) is 0. The van der Waals surface area contributed by atoms with Gasteiger partial charge in [0, 0.05) is 5.02 Å². The molecule has 2 rings (SSSR count). The van der Waals surface area contributed by atoms with Crippen LogP contribution < -0.4 is 0 Å². The zero-order valence-electron chi connectivity index (χ0n) is 7.79. The summed E-state index contributed by atoms with van der Waals surface area (Å²) >= 11 is 5.74. The van der Waals surface area contributed by atoms with Crippen LogP contribution >= 0.6 is 11.6 Å². The SMILES string of the molecule is O[C@@H](Cn1ncnn1)c1ccc(Cl)cc1. The Morgan fingerprint density at radius 2 is 2.07 bits per heavy atom. The lowest BCUT2D eigenvalue weighted by molar-refractivity contribution is 0.144. The zero-order chi connectivity index (χ0) is 10.7. The molecule has 2 aromatic rings. The largest absolute Gasteiger partial charge is 0.386 e. The van der Waals surface area contributed by atoms with Crippen LogP contribution in [-0.4, -0.2) is 25.3 Å². The Hall–Kier alpha value is -1.46. The molecule has 15 heavy (non-hydrogen) atoms. The van der Waals surface area contributed by atoms with Crippen molar-refractivity contribution in [1.29, 1.82) is 0 Å². The number of aliphatic hydroxyl groups is 1. The Labute approximate surface area is 91.3 Å². The van der Waals surface area contributed by atoms with E-state index in [2.05, 4.69) is 15.4 Å². The number of benzene rings is 1. The van der Waals surface area contributed by atoms with Gasteiger partial charge in [-0.1, -0.05) is 23.7 Å². The van der Waals surface area contributed by atoms with E-state index in [1.807, 2.05) is 0 Å². The van der Waals surface area contributed by atoms with Gasteiger partial charge in [0.25, 0.3) is 0 Å². The van der Waals surface area contributed by atoms with Gasteiger partial charge in [-0.05, 0) is 22.9 Å². The predicted octanol–water partition coefficient (Wildman–Crippen LogP) is 1.06. The molecule has 0 unspecified atom stereocenters. The lowest BCUT2D eigenvalue weighted by Crippen LogP contribution is -2.11. The number of aromatic nitrogens is 4. The van der Waals surface area contributed by atoms with E-state index in [9.17, 15) is 5.11 Å². The quantitative estimate of drug-likeness (QED) is 0.847. The summed E-state index contributed by atoms with van der Waals surface area (Å²) in [5, 5.41) is 21.5. The lowest BCUT2D eigenvalue weighted by atomic mass is 10.1. The minimum Gasteiger partial charge on any atom is -0.386 e. The van der Waals surface area contributed by atoms with Gasteiger partial charge in [0.2, 0.25) is 0 Å². The van der Waals surface area contributed by atoms with Gasteiger partial charge in [0.1, 0.15) is 6.10 Å². The second kappa shape index (κ2) is 4.37. The second-order valence-corrected chi connectivity index (χ2v) is 3.49. The minimum absolute atomic E-state index is 0.279. The Morgan fingerprint density at radius 3 is 2.67 bits per heavy atom. The minimum atomic E-state index is -0.656. The van der Waals surface area contributed by atoms with Gasteiger partial charge in [-0.3, -0.25) is 0 Å². The lowest BCUT2D eigenvalue weighted by Gasteiger charge is -2.09. The summed E-state index contributed by atoms with van der Waals surface area (Å²) in [7, 11) is 0. The van der Waals surface area contributed by atoms with Crippen molar-refractivity contribution in [2.45, 2.75) is 12.6 Å². The first kappa shape index (κ1) is 10.1. The molecule has 0 aliphatic heterocycles. The molecule has 0 aliphatic carbocycles. The topological polar surface area (TPSA) is 63.8 Å². The number of hydrogen-bond donors (Lipinski definition) is 1. The van der Waals surface area contributed by atoms with Crippen LogP contribution in [0.1, 0.15) is 11.7 Å². The average molecular weight is 225 g/mol. The highest BCUT2D eigenvalue weighted by molar-refractivity contribution is 6.30. The van der Waals surface area contributed by atoms with E-state index in [0.29, 0.717) is 5.02 Å². The summed E-state index contributed by atoms with van der Waals surface area (Å²) < 4.78 is 0. The van der Waals surface area contributed by atoms with Crippen LogP contribution in [-0.2, 0) is 6.54 Å². The van der Waals surface area contributed by atoms with Gasteiger partial charge in [-0.25, -0.2) is 0 Å². The first-order valence-corrected chi connectivity index (χ1v) is 4.78. The highest BCUT2D eigenvalue weighted by Gasteiger charge is 2.08. The van der Waals surface area contributed by atoms with Crippen LogP contribution in [0, 0.1) is 0 Å². The van der Waals surface area contributed by atoms with Gasteiger partial charge in [0.05, 0.1) is 6.54 Å². The van der Waals surface area contributed by atoms with Crippen molar-refractivity contribution in [1.82, 2.24) is 20.2 Å². The molecule has 0 saturated heterocycles. The molecule has 6 heteroatoms. The molecule has 0 saturated carbocycles. The van der Waals surface area contributed by atoms with Crippen LogP contribution in [0.3, 0.4) is 0 Å². The molecule has 1 aromatic carbocycles. The van der Waals surface area contributed by atoms with Gasteiger partial charge >= 0.3 is 0 Å². The normalized spacial score (nSPS) is 12.7. The van der Waals surface area contributed by atoms with Crippen molar-refractivity contribution in [2.75, 3.05) is 0 Å². The number of halogens is 1. The van der Waals surface area contributed by atoms with Crippen LogP contribution in [0.25, 0.3) is 0 Å². The molecule has 0 bridgehead atoms. The van der Waals surface area contributed by atoms with Crippen LogP contribution in [0.5, 0.6) is 0 Å². The molecule has 1 N–H and O–H groups in total. The fourth-order valence-electron chi connectivity index (χ4n) is 1.22. The number of rotatable bonds is 3. The van der Waals surface area contributed by atoms with Crippen molar-refractivity contribution in [3.8, 4) is 0 Å². The number of hydrogen-bond acceptors (Lipinski definition) is 4. The molecule has 1 heterocycles. The summed E-state index contributed by atoms with van der Waals surface area (Å²) in [6, 6.07) is 7.00. The maximum atomic E-state index is 9.81. The third-order valence-corrected chi connectivity index (χ3v) is 2.23. The Balaban J connectivity index is 2.08. The first-order valence-electron chi connectivity index (χ1n) is 4.40. The van der Waals surface area contributed by atoms with E-state index in [0.717, 1.165) is 5.56 Å². The molecule has 1 atom stereocenters. The Morgan fingerprint density at radius 1 is 1.33 bits per heavy atom. The number of aliphatic hydroxyl groups excluding tert-OH is 1. The molecule has 0 aliphatic rings. The van der Waals surface area contributed by atoms with E-state index in [1.54, 1.807) is 24.3 Å². The fraction of sp³-hybridized carbons (Fsp3) is 0.222. The van der Waals surface area contributed by atoms with Crippen LogP contribution in [0.2, 0.25) is 5.02 Å². The third-order valence-electron chi connectivity index (χ3n) is 1.98. The standard InChI is InChI=1S/C9H9ClN4O/c10-8-3-1-7(2-4-8)9(15)5-14-12-6-11-13-14/h1-4,6,9,15H,5H2/t9-/m0/s1. The van der Waals surface area contributed by atoms with Gasteiger partial charge in [-0.15, -0.1) is 10.2 Å². The monoisotopic (exact) mass is 224 g/mol. The van der Waals surface area contributed by atoms with Crippen molar-refractivity contribution in [2.24, 2.45) is 0 Å². The van der Waals surface area contributed by atoms with Gasteiger partial charge < -0.3 is 5.11 Å². The summed E-state index contributed by atoms with van der Waals surface area (Å²) in [4.78, 5) is 1.33.